The molecule has 3 N–H and O–H groups in total. The number of hydrogen-bond donors (Lipinski definition) is 3. The Labute approximate surface area is 153 Å². The maximum absolute atomic E-state index is 9.43. The molecule has 0 saturated heterocycles. The predicted molar refractivity (Wildman–Crippen MR) is 102 cm³/mol. The zero-order valence-electron chi connectivity index (χ0n) is 15.1. The SMILES string of the molecule is CC1(C)CCCC2[C@@H]3CC/C(=C/CO[P+](O)(O)OPO)C=C3CC[C@@H]21. The van der Waals surface area contributed by atoms with Crippen molar-refractivity contribution in [2.24, 2.45) is 23.2 Å². The first-order valence-electron chi connectivity index (χ1n) is 9.29. The number of rotatable bonds is 5. The third kappa shape index (κ3) is 4.71. The highest BCUT2D eigenvalue weighted by atomic mass is 31.3. The van der Waals surface area contributed by atoms with Crippen LogP contribution in [0.5, 0.6) is 0 Å². The lowest BCUT2D eigenvalue weighted by Crippen LogP contribution is -2.42. The normalized spacial score (nSPS) is 34.0. The second kappa shape index (κ2) is 8.02. The van der Waals surface area contributed by atoms with Crippen LogP contribution < -0.4 is 0 Å². The van der Waals surface area contributed by atoms with Gasteiger partial charge in [-0.2, -0.15) is 9.79 Å². The van der Waals surface area contributed by atoms with E-state index in [1.807, 2.05) is 6.08 Å². The Hall–Kier alpha value is 0.140. The van der Waals surface area contributed by atoms with Crippen molar-refractivity contribution in [1.82, 2.24) is 0 Å². The fourth-order valence-electron chi connectivity index (χ4n) is 5.32. The predicted octanol–water partition coefficient (Wildman–Crippen LogP) is 4.68. The van der Waals surface area contributed by atoms with Crippen LogP contribution >= 0.6 is 17.2 Å². The first kappa shape index (κ1) is 19.9. The van der Waals surface area contributed by atoms with Gasteiger partial charge in [-0.25, -0.2) is 0 Å². The Kier molecular flexibility index (Phi) is 6.38. The number of allylic oxidation sites excluding steroid dienone is 3. The summed E-state index contributed by atoms with van der Waals surface area (Å²) in [7, 11) is -4.86. The maximum Gasteiger partial charge on any atom is 0.575 e. The lowest BCUT2D eigenvalue weighted by Gasteiger charge is -2.52. The fraction of sp³-hybridized carbons (Fsp3) is 0.778. The van der Waals surface area contributed by atoms with Gasteiger partial charge < -0.3 is 4.89 Å². The smallest absolute Gasteiger partial charge is 0.349 e. The molecule has 0 aliphatic heterocycles. The van der Waals surface area contributed by atoms with Gasteiger partial charge in [0.05, 0.1) is 0 Å². The standard InChI is InChI=1S/C18H31O5P2/c1-18(2)10-3-4-16-15-7-5-13(12-14(15)6-8-17(16)18)9-11-22-25(20,21)23-24-19/h9,12,15-17,19-21,24H,3-8,10-11H2,1-2H3/q+1/b13-9-/t15-,16?,17+/m1/s1. The number of hydrogen-bond acceptors (Lipinski definition) is 5. The molecule has 0 aromatic heterocycles. The largest absolute Gasteiger partial charge is 0.575 e. The van der Waals surface area contributed by atoms with E-state index < -0.39 is 17.2 Å². The van der Waals surface area contributed by atoms with E-state index in [-0.39, 0.29) is 6.61 Å². The Morgan fingerprint density at radius 2 is 2.08 bits per heavy atom. The summed E-state index contributed by atoms with van der Waals surface area (Å²) in [6.45, 7) is 5.00. The molecule has 0 amide bonds. The maximum atomic E-state index is 9.43. The molecular weight excluding hydrogens is 358 g/mol. The Balaban J connectivity index is 1.63. The topological polar surface area (TPSA) is 79.2 Å². The molecule has 3 aliphatic rings. The van der Waals surface area contributed by atoms with E-state index in [1.165, 1.54) is 44.1 Å². The van der Waals surface area contributed by atoms with Gasteiger partial charge in [0.25, 0.3) is 0 Å². The highest BCUT2D eigenvalue weighted by molar-refractivity contribution is 7.59. The fourth-order valence-corrected chi connectivity index (χ4v) is 6.23. The molecular formula is C18H31O5P2+. The average Bonchev–Trinajstić information content (AvgIpc) is 2.54. The van der Waals surface area contributed by atoms with Crippen molar-refractivity contribution in [1.29, 1.82) is 0 Å². The molecule has 0 bridgehead atoms. The minimum atomic E-state index is -3.88. The Bertz CT molecular complexity index is 544. The summed E-state index contributed by atoms with van der Waals surface area (Å²) in [6.07, 6.45) is 13.0. The van der Waals surface area contributed by atoms with Gasteiger partial charge >= 0.3 is 8.17 Å². The molecule has 0 spiro atoms. The van der Waals surface area contributed by atoms with Crippen molar-refractivity contribution in [3.05, 3.63) is 23.3 Å². The Morgan fingerprint density at radius 3 is 2.84 bits per heavy atom. The zero-order chi connectivity index (χ0) is 18.1. The molecule has 142 valence electrons. The zero-order valence-corrected chi connectivity index (χ0v) is 17.0. The number of fused-ring (bicyclic) bond motifs is 3. The third-order valence-corrected chi connectivity index (χ3v) is 8.24. The van der Waals surface area contributed by atoms with Gasteiger partial charge in [0, 0.05) is 0 Å². The van der Waals surface area contributed by atoms with E-state index in [0.29, 0.717) is 5.41 Å². The van der Waals surface area contributed by atoms with Crippen LogP contribution in [0.1, 0.15) is 58.8 Å². The van der Waals surface area contributed by atoms with Crippen molar-refractivity contribution in [2.75, 3.05) is 6.61 Å². The summed E-state index contributed by atoms with van der Waals surface area (Å²) in [5.74, 6) is 2.44. The van der Waals surface area contributed by atoms with E-state index in [1.54, 1.807) is 5.57 Å². The highest BCUT2D eigenvalue weighted by Crippen LogP contribution is 2.57. The van der Waals surface area contributed by atoms with Crippen LogP contribution in [-0.4, -0.2) is 21.3 Å². The molecule has 2 unspecified atom stereocenters. The van der Waals surface area contributed by atoms with Crippen molar-refractivity contribution in [3.8, 4) is 0 Å². The summed E-state index contributed by atoms with van der Waals surface area (Å²) < 4.78 is 9.39. The Morgan fingerprint density at radius 1 is 1.28 bits per heavy atom. The molecule has 0 radical (unpaired) electrons. The van der Waals surface area contributed by atoms with Crippen LogP contribution in [0.25, 0.3) is 0 Å². The lowest BCUT2D eigenvalue weighted by atomic mass is 9.53. The highest BCUT2D eigenvalue weighted by Gasteiger charge is 2.46. The third-order valence-electron chi connectivity index (χ3n) is 6.48. The molecule has 25 heavy (non-hydrogen) atoms. The minimum absolute atomic E-state index is 0.0914. The summed E-state index contributed by atoms with van der Waals surface area (Å²) in [5.41, 5.74) is 3.28. The van der Waals surface area contributed by atoms with Crippen LogP contribution in [0.3, 0.4) is 0 Å². The van der Waals surface area contributed by atoms with Crippen LogP contribution in [0.4, 0.5) is 0 Å². The van der Waals surface area contributed by atoms with Gasteiger partial charge in [-0.15, -0.1) is 8.83 Å². The summed E-state index contributed by atoms with van der Waals surface area (Å²) in [6, 6.07) is 0. The van der Waals surface area contributed by atoms with Crippen LogP contribution in [0.2, 0.25) is 0 Å². The second-order valence-electron chi connectivity index (χ2n) is 8.30. The van der Waals surface area contributed by atoms with Gasteiger partial charge in [0.2, 0.25) is 9.03 Å². The molecule has 2 fully saturated rings. The second-order valence-corrected chi connectivity index (χ2v) is 10.5. The van der Waals surface area contributed by atoms with E-state index in [2.05, 4.69) is 24.2 Å². The molecule has 5 nitrogen and oxygen atoms in total. The molecule has 3 rings (SSSR count). The molecule has 7 heteroatoms. The van der Waals surface area contributed by atoms with Gasteiger partial charge in [-0.3, -0.25) is 0 Å². The van der Waals surface area contributed by atoms with Gasteiger partial charge in [0.1, 0.15) is 6.61 Å². The lowest BCUT2D eigenvalue weighted by molar-refractivity contribution is 0.0214. The molecule has 0 heterocycles. The summed E-state index contributed by atoms with van der Waals surface area (Å²) >= 11 is 0. The first-order chi connectivity index (χ1) is 11.8. The van der Waals surface area contributed by atoms with Crippen LogP contribution in [-0.2, 0) is 8.83 Å². The summed E-state index contributed by atoms with van der Waals surface area (Å²) in [5, 5.41) is 0. The van der Waals surface area contributed by atoms with Crippen molar-refractivity contribution >= 4 is 17.2 Å². The molecule has 0 aromatic rings. The molecule has 0 aromatic carbocycles. The van der Waals surface area contributed by atoms with Crippen molar-refractivity contribution < 1.29 is 23.5 Å². The summed E-state index contributed by atoms with van der Waals surface area (Å²) in [4.78, 5) is 27.5. The van der Waals surface area contributed by atoms with Crippen LogP contribution in [0, 0.1) is 23.2 Å². The quantitative estimate of drug-likeness (QED) is 0.595. The van der Waals surface area contributed by atoms with Crippen molar-refractivity contribution in [3.63, 3.8) is 0 Å². The van der Waals surface area contributed by atoms with E-state index in [4.69, 9.17) is 9.42 Å². The molecule has 2 saturated carbocycles. The first-order valence-corrected chi connectivity index (χ1v) is 11.7. The minimum Gasteiger partial charge on any atom is -0.349 e. The van der Waals surface area contributed by atoms with Crippen molar-refractivity contribution in [2.45, 2.75) is 58.8 Å². The monoisotopic (exact) mass is 389 g/mol. The molecule has 3 aliphatic carbocycles. The van der Waals surface area contributed by atoms with Gasteiger partial charge in [0.15, 0.2) is 0 Å². The van der Waals surface area contributed by atoms with E-state index in [0.717, 1.165) is 24.2 Å². The van der Waals surface area contributed by atoms with Crippen LogP contribution in [0.15, 0.2) is 23.3 Å². The molecule has 4 atom stereocenters. The van der Waals surface area contributed by atoms with Gasteiger partial charge in [-0.05, 0) is 67.3 Å². The van der Waals surface area contributed by atoms with E-state index >= 15 is 0 Å². The average molecular weight is 389 g/mol. The van der Waals surface area contributed by atoms with Gasteiger partial charge in [-0.1, -0.05) is 38.0 Å². The van der Waals surface area contributed by atoms with E-state index in [9.17, 15) is 9.79 Å².